The minimum atomic E-state index is -0.374. The van der Waals surface area contributed by atoms with Gasteiger partial charge in [-0.2, -0.15) is 5.26 Å². The SMILES string of the molecule is COc1ccccc1CNC(C#N)c1c[nH]c2ccccc12. The van der Waals surface area contributed by atoms with E-state index in [0.29, 0.717) is 6.54 Å². The van der Waals surface area contributed by atoms with Crippen LogP contribution >= 0.6 is 0 Å². The summed E-state index contributed by atoms with van der Waals surface area (Å²) in [5.41, 5.74) is 3.04. The molecule has 0 aliphatic heterocycles. The van der Waals surface area contributed by atoms with Crippen LogP contribution < -0.4 is 10.1 Å². The third kappa shape index (κ3) is 2.67. The zero-order chi connectivity index (χ0) is 15.4. The summed E-state index contributed by atoms with van der Waals surface area (Å²) in [5.74, 6) is 0.825. The predicted molar refractivity (Wildman–Crippen MR) is 86.5 cm³/mol. The van der Waals surface area contributed by atoms with Gasteiger partial charge >= 0.3 is 0 Å². The first-order valence-electron chi connectivity index (χ1n) is 7.14. The van der Waals surface area contributed by atoms with E-state index in [9.17, 15) is 5.26 Å². The second-order valence-corrected chi connectivity index (χ2v) is 5.04. The highest BCUT2D eigenvalue weighted by Crippen LogP contribution is 2.25. The summed E-state index contributed by atoms with van der Waals surface area (Å²) in [7, 11) is 1.65. The van der Waals surface area contributed by atoms with Crippen molar-refractivity contribution in [2.24, 2.45) is 0 Å². The van der Waals surface area contributed by atoms with Gasteiger partial charge in [0, 0.05) is 34.8 Å². The quantitative estimate of drug-likeness (QED) is 0.756. The fourth-order valence-electron chi connectivity index (χ4n) is 2.62. The molecule has 0 aliphatic rings. The largest absolute Gasteiger partial charge is 0.496 e. The van der Waals surface area contributed by atoms with Crippen LogP contribution in [0.4, 0.5) is 0 Å². The Morgan fingerprint density at radius 1 is 1.18 bits per heavy atom. The number of ether oxygens (including phenoxy) is 1. The molecule has 2 aromatic carbocycles. The van der Waals surface area contributed by atoms with Crippen molar-refractivity contribution in [2.45, 2.75) is 12.6 Å². The van der Waals surface area contributed by atoms with Gasteiger partial charge in [0.15, 0.2) is 0 Å². The molecule has 1 atom stereocenters. The van der Waals surface area contributed by atoms with E-state index in [0.717, 1.165) is 27.8 Å². The predicted octanol–water partition coefficient (Wildman–Crippen LogP) is 3.53. The number of aromatic nitrogens is 1. The molecule has 3 rings (SSSR count). The van der Waals surface area contributed by atoms with Crippen LogP contribution in [0.25, 0.3) is 10.9 Å². The molecule has 4 nitrogen and oxygen atoms in total. The standard InChI is InChI=1S/C18H17N3O/c1-22-18-9-5-2-6-13(18)11-20-17(10-19)15-12-21-16-8-4-3-7-14(15)16/h2-9,12,17,20-21H,11H2,1H3. The summed E-state index contributed by atoms with van der Waals surface area (Å²) in [6.45, 7) is 0.571. The molecule has 22 heavy (non-hydrogen) atoms. The summed E-state index contributed by atoms with van der Waals surface area (Å²) in [6, 6.07) is 17.8. The van der Waals surface area contributed by atoms with Crippen molar-refractivity contribution >= 4 is 10.9 Å². The van der Waals surface area contributed by atoms with Gasteiger partial charge in [-0.3, -0.25) is 5.32 Å². The maximum atomic E-state index is 9.50. The van der Waals surface area contributed by atoms with Crippen molar-refractivity contribution in [1.82, 2.24) is 10.3 Å². The molecule has 0 saturated heterocycles. The number of aromatic amines is 1. The van der Waals surface area contributed by atoms with Gasteiger partial charge in [-0.15, -0.1) is 0 Å². The van der Waals surface area contributed by atoms with Crippen molar-refractivity contribution in [3.8, 4) is 11.8 Å². The molecule has 0 spiro atoms. The number of fused-ring (bicyclic) bond motifs is 1. The van der Waals surface area contributed by atoms with Crippen LogP contribution in [0.1, 0.15) is 17.2 Å². The lowest BCUT2D eigenvalue weighted by molar-refractivity contribution is 0.407. The van der Waals surface area contributed by atoms with Gasteiger partial charge < -0.3 is 9.72 Å². The first kappa shape index (κ1) is 14.2. The molecule has 3 aromatic rings. The number of hydrogen-bond donors (Lipinski definition) is 2. The van der Waals surface area contributed by atoms with Crippen molar-refractivity contribution in [3.63, 3.8) is 0 Å². The van der Waals surface area contributed by atoms with E-state index in [2.05, 4.69) is 16.4 Å². The van der Waals surface area contributed by atoms with Crippen LogP contribution in [-0.4, -0.2) is 12.1 Å². The topological polar surface area (TPSA) is 60.8 Å². The van der Waals surface area contributed by atoms with Crippen LogP contribution in [0, 0.1) is 11.3 Å². The average Bonchev–Trinajstić information content (AvgIpc) is 3.00. The Morgan fingerprint density at radius 2 is 1.95 bits per heavy atom. The third-order valence-electron chi connectivity index (χ3n) is 3.75. The number of H-pyrrole nitrogens is 1. The molecule has 0 fully saturated rings. The first-order chi connectivity index (χ1) is 10.8. The molecule has 2 N–H and O–H groups in total. The molecule has 1 aromatic heterocycles. The lowest BCUT2D eigenvalue weighted by Gasteiger charge is -2.13. The summed E-state index contributed by atoms with van der Waals surface area (Å²) in [5, 5.41) is 13.9. The van der Waals surface area contributed by atoms with Crippen LogP contribution in [0.5, 0.6) is 5.75 Å². The molecular weight excluding hydrogens is 274 g/mol. The third-order valence-corrected chi connectivity index (χ3v) is 3.75. The lowest BCUT2D eigenvalue weighted by atomic mass is 10.1. The molecular formula is C18H17N3O. The van der Waals surface area contributed by atoms with Gasteiger partial charge in [0.1, 0.15) is 11.8 Å². The van der Waals surface area contributed by atoms with Gasteiger partial charge in [-0.1, -0.05) is 36.4 Å². The summed E-state index contributed by atoms with van der Waals surface area (Å²) in [6.07, 6.45) is 1.90. The fourth-order valence-corrected chi connectivity index (χ4v) is 2.62. The second kappa shape index (κ2) is 6.33. The van der Waals surface area contributed by atoms with Crippen LogP contribution in [-0.2, 0) is 6.54 Å². The van der Waals surface area contributed by atoms with Gasteiger partial charge in [0.2, 0.25) is 0 Å². The average molecular weight is 291 g/mol. The minimum absolute atomic E-state index is 0.374. The van der Waals surface area contributed by atoms with Crippen LogP contribution in [0.2, 0.25) is 0 Å². The summed E-state index contributed by atoms with van der Waals surface area (Å²) >= 11 is 0. The van der Waals surface area contributed by atoms with Crippen molar-refractivity contribution in [2.75, 3.05) is 7.11 Å². The van der Waals surface area contributed by atoms with Crippen LogP contribution in [0.3, 0.4) is 0 Å². The fraction of sp³-hybridized carbons (Fsp3) is 0.167. The Balaban J connectivity index is 1.82. The second-order valence-electron chi connectivity index (χ2n) is 5.04. The molecule has 1 heterocycles. The Hall–Kier alpha value is -2.77. The number of nitriles is 1. The lowest BCUT2D eigenvalue weighted by Crippen LogP contribution is -2.19. The minimum Gasteiger partial charge on any atom is -0.496 e. The van der Waals surface area contributed by atoms with Crippen LogP contribution in [0.15, 0.2) is 54.7 Å². The van der Waals surface area contributed by atoms with Gasteiger partial charge in [-0.05, 0) is 12.1 Å². The van der Waals surface area contributed by atoms with Crippen molar-refractivity contribution in [1.29, 1.82) is 5.26 Å². The highest BCUT2D eigenvalue weighted by molar-refractivity contribution is 5.83. The Kier molecular flexibility index (Phi) is 4.08. The summed E-state index contributed by atoms with van der Waals surface area (Å²) in [4.78, 5) is 3.21. The molecule has 0 saturated carbocycles. The molecule has 0 bridgehead atoms. The molecule has 0 amide bonds. The number of hydrogen-bond acceptors (Lipinski definition) is 3. The monoisotopic (exact) mass is 291 g/mol. The Labute approximate surface area is 129 Å². The van der Waals surface area contributed by atoms with E-state index in [1.807, 2.05) is 54.7 Å². The zero-order valence-electron chi connectivity index (χ0n) is 12.3. The number of rotatable bonds is 5. The number of para-hydroxylation sites is 2. The number of nitrogens with one attached hydrogen (secondary N) is 2. The number of nitrogens with zero attached hydrogens (tertiary/aromatic N) is 1. The van der Waals surface area contributed by atoms with E-state index in [-0.39, 0.29) is 6.04 Å². The maximum absolute atomic E-state index is 9.50. The number of methoxy groups -OCH3 is 1. The maximum Gasteiger partial charge on any atom is 0.123 e. The molecule has 0 aliphatic carbocycles. The summed E-state index contributed by atoms with van der Waals surface area (Å²) < 4.78 is 5.34. The van der Waals surface area contributed by atoms with Crippen molar-refractivity contribution in [3.05, 3.63) is 65.9 Å². The highest BCUT2D eigenvalue weighted by Gasteiger charge is 2.15. The normalized spacial score (nSPS) is 12.0. The van der Waals surface area contributed by atoms with E-state index in [1.165, 1.54) is 0 Å². The zero-order valence-corrected chi connectivity index (χ0v) is 12.3. The van der Waals surface area contributed by atoms with Gasteiger partial charge in [0.25, 0.3) is 0 Å². The number of benzene rings is 2. The molecule has 0 radical (unpaired) electrons. The van der Waals surface area contributed by atoms with Gasteiger partial charge in [-0.25, -0.2) is 0 Å². The van der Waals surface area contributed by atoms with E-state index in [4.69, 9.17) is 4.74 Å². The Morgan fingerprint density at radius 3 is 2.77 bits per heavy atom. The molecule has 4 heteroatoms. The van der Waals surface area contributed by atoms with Crippen molar-refractivity contribution < 1.29 is 4.74 Å². The molecule has 110 valence electrons. The van der Waals surface area contributed by atoms with E-state index >= 15 is 0 Å². The Bertz CT molecular complexity index is 816. The van der Waals surface area contributed by atoms with E-state index < -0.39 is 0 Å². The first-order valence-corrected chi connectivity index (χ1v) is 7.14. The smallest absolute Gasteiger partial charge is 0.123 e. The van der Waals surface area contributed by atoms with E-state index in [1.54, 1.807) is 7.11 Å². The molecule has 1 unspecified atom stereocenters. The highest BCUT2D eigenvalue weighted by atomic mass is 16.5. The van der Waals surface area contributed by atoms with Gasteiger partial charge in [0.05, 0.1) is 13.2 Å².